The second-order valence-electron chi connectivity index (χ2n) is 5.71. The summed E-state index contributed by atoms with van der Waals surface area (Å²) in [7, 11) is 1.73. The molecular formula is C16H25NO. The molecular weight excluding hydrogens is 222 g/mol. The number of benzene rings is 1. The molecule has 1 aromatic carbocycles. The van der Waals surface area contributed by atoms with Gasteiger partial charge in [0.05, 0.1) is 12.8 Å². The first-order valence-corrected chi connectivity index (χ1v) is 7.07. The number of methoxy groups -OCH3 is 1. The Balaban J connectivity index is 1.91. The molecule has 100 valence electrons. The summed E-state index contributed by atoms with van der Waals surface area (Å²) in [5, 5.41) is 3.56. The summed E-state index contributed by atoms with van der Waals surface area (Å²) in [6, 6.07) is 6.30. The Bertz CT molecular complexity index is 381. The van der Waals surface area contributed by atoms with E-state index in [1.165, 1.54) is 31.2 Å². The average Bonchev–Trinajstić information content (AvgIpc) is 2.38. The lowest BCUT2D eigenvalue weighted by Crippen LogP contribution is -2.20. The maximum atomic E-state index is 5.39. The van der Waals surface area contributed by atoms with Gasteiger partial charge in [0.15, 0.2) is 0 Å². The Morgan fingerprint density at radius 3 is 2.61 bits per heavy atom. The highest BCUT2D eigenvalue weighted by molar-refractivity contribution is 5.57. The van der Waals surface area contributed by atoms with Gasteiger partial charge in [-0.25, -0.2) is 0 Å². The van der Waals surface area contributed by atoms with E-state index in [-0.39, 0.29) is 0 Å². The van der Waals surface area contributed by atoms with Gasteiger partial charge in [-0.15, -0.1) is 0 Å². The molecule has 0 spiro atoms. The number of ether oxygens (including phenoxy) is 1. The summed E-state index contributed by atoms with van der Waals surface area (Å²) in [6.45, 7) is 5.56. The molecule has 0 aliphatic heterocycles. The molecule has 1 aliphatic carbocycles. The molecule has 1 fully saturated rings. The van der Waals surface area contributed by atoms with Gasteiger partial charge in [0.25, 0.3) is 0 Å². The largest absolute Gasteiger partial charge is 0.495 e. The molecule has 2 nitrogen and oxygen atoms in total. The molecule has 1 aromatic rings. The molecule has 0 radical (unpaired) electrons. The maximum Gasteiger partial charge on any atom is 0.141 e. The summed E-state index contributed by atoms with van der Waals surface area (Å²) in [5.74, 6) is 2.70. The van der Waals surface area contributed by atoms with E-state index in [0.29, 0.717) is 0 Å². The SMILES string of the molecule is COc1ccc(C)cc1NCC1CCC(C)CC1. The van der Waals surface area contributed by atoms with Crippen molar-refractivity contribution in [1.29, 1.82) is 0 Å². The lowest BCUT2D eigenvalue weighted by atomic mass is 9.83. The third-order valence-electron chi connectivity index (χ3n) is 4.07. The first kappa shape index (κ1) is 13.3. The van der Waals surface area contributed by atoms with E-state index in [1.807, 2.05) is 6.07 Å². The molecule has 0 amide bonds. The highest BCUT2D eigenvalue weighted by Gasteiger charge is 2.18. The molecule has 0 atom stereocenters. The second-order valence-corrected chi connectivity index (χ2v) is 5.71. The van der Waals surface area contributed by atoms with Crippen LogP contribution in [0.15, 0.2) is 18.2 Å². The average molecular weight is 247 g/mol. The Hall–Kier alpha value is -1.18. The van der Waals surface area contributed by atoms with Crippen LogP contribution in [0.5, 0.6) is 5.75 Å². The predicted octanol–water partition coefficient (Wildman–Crippen LogP) is 4.24. The van der Waals surface area contributed by atoms with E-state index < -0.39 is 0 Å². The number of rotatable bonds is 4. The van der Waals surface area contributed by atoms with Crippen LogP contribution in [0.1, 0.15) is 38.2 Å². The normalized spacial score (nSPS) is 23.7. The van der Waals surface area contributed by atoms with Crippen LogP contribution in [0.2, 0.25) is 0 Å². The van der Waals surface area contributed by atoms with Crippen molar-refractivity contribution in [3.05, 3.63) is 23.8 Å². The minimum atomic E-state index is 0.825. The van der Waals surface area contributed by atoms with Gasteiger partial charge in [-0.2, -0.15) is 0 Å². The quantitative estimate of drug-likeness (QED) is 0.859. The van der Waals surface area contributed by atoms with Crippen LogP contribution in [0.3, 0.4) is 0 Å². The number of hydrogen-bond acceptors (Lipinski definition) is 2. The van der Waals surface area contributed by atoms with E-state index in [0.717, 1.165) is 29.8 Å². The molecule has 2 rings (SSSR count). The lowest BCUT2D eigenvalue weighted by molar-refractivity contribution is 0.300. The first-order valence-electron chi connectivity index (χ1n) is 7.07. The standard InChI is InChI=1S/C16H25NO/c1-12-4-7-14(8-5-12)11-17-15-10-13(2)6-9-16(15)18-3/h6,9-10,12,14,17H,4-5,7-8,11H2,1-3H3. The zero-order valence-electron chi connectivity index (χ0n) is 11.8. The van der Waals surface area contributed by atoms with Crippen molar-refractivity contribution in [2.45, 2.75) is 39.5 Å². The zero-order chi connectivity index (χ0) is 13.0. The van der Waals surface area contributed by atoms with Crippen molar-refractivity contribution in [3.8, 4) is 5.75 Å². The van der Waals surface area contributed by atoms with Crippen molar-refractivity contribution < 1.29 is 4.74 Å². The van der Waals surface area contributed by atoms with Crippen LogP contribution >= 0.6 is 0 Å². The van der Waals surface area contributed by atoms with Crippen LogP contribution < -0.4 is 10.1 Å². The van der Waals surface area contributed by atoms with Gasteiger partial charge < -0.3 is 10.1 Å². The summed E-state index contributed by atoms with van der Waals surface area (Å²) >= 11 is 0. The van der Waals surface area contributed by atoms with Crippen molar-refractivity contribution in [1.82, 2.24) is 0 Å². The first-order chi connectivity index (χ1) is 8.69. The van der Waals surface area contributed by atoms with Crippen molar-refractivity contribution in [3.63, 3.8) is 0 Å². The van der Waals surface area contributed by atoms with Gasteiger partial charge >= 0.3 is 0 Å². The van der Waals surface area contributed by atoms with Crippen LogP contribution in [0.25, 0.3) is 0 Å². The highest BCUT2D eigenvalue weighted by atomic mass is 16.5. The lowest BCUT2D eigenvalue weighted by Gasteiger charge is -2.26. The monoisotopic (exact) mass is 247 g/mol. The van der Waals surface area contributed by atoms with Gasteiger partial charge in [0.1, 0.15) is 5.75 Å². The fraction of sp³-hybridized carbons (Fsp3) is 0.625. The number of anilines is 1. The number of nitrogens with one attached hydrogen (secondary N) is 1. The number of aryl methyl sites for hydroxylation is 1. The predicted molar refractivity (Wildman–Crippen MR) is 77.3 cm³/mol. The van der Waals surface area contributed by atoms with E-state index in [9.17, 15) is 0 Å². The topological polar surface area (TPSA) is 21.3 Å². The fourth-order valence-electron chi connectivity index (χ4n) is 2.75. The summed E-state index contributed by atoms with van der Waals surface area (Å²) < 4.78 is 5.39. The molecule has 18 heavy (non-hydrogen) atoms. The van der Waals surface area contributed by atoms with Gasteiger partial charge in [0, 0.05) is 6.54 Å². The Morgan fingerprint density at radius 2 is 1.94 bits per heavy atom. The molecule has 1 saturated carbocycles. The van der Waals surface area contributed by atoms with Crippen LogP contribution in [0, 0.1) is 18.8 Å². The Labute approximate surface area is 111 Å². The van der Waals surface area contributed by atoms with Crippen molar-refractivity contribution >= 4 is 5.69 Å². The van der Waals surface area contributed by atoms with Gasteiger partial charge in [0.2, 0.25) is 0 Å². The van der Waals surface area contributed by atoms with Gasteiger partial charge in [-0.05, 0) is 49.3 Å². The smallest absolute Gasteiger partial charge is 0.141 e. The minimum absolute atomic E-state index is 0.825. The second kappa shape index (κ2) is 6.12. The highest BCUT2D eigenvalue weighted by Crippen LogP contribution is 2.30. The molecule has 1 N–H and O–H groups in total. The Morgan fingerprint density at radius 1 is 1.22 bits per heavy atom. The Kier molecular flexibility index (Phi) is 4.51. The van der Waals surface area contributed by atoms with E-state index in [4.69, 9.17) is 4.74 Å². The third kappa shape index (κ3) is 3.41. The van der Waals surface area contributed by atoms with Gasteiger partial charge in [-0.3, -0.25) is 0 Å². The molecule has 0 unspecified atom stereocenters. The van der Waals surface area contributed by atoms with Crippen LogP contribution in [-0.4, -0.2) is 13.7 Å². The minimum Gasteiger partial charge on any atom is -0.495 e. The molecule has 1 aliphatic rings. The molecule has 0 aromatic heterocycles. The van der Waals surface area contributed by atoms with E-state index in [2.05, 4.69) is 31.3 Å². The molecule has 0 heterocycles. The summed E-state index contributed by atoms with van der Waals surface area (Å²) in [4.78, 5) is 0. The molecule has 0 bridgehead atoms. The molecule has 2 heteroatoms. The summed E-state index contributed by atoms with van der Waals surface area (Å²) in [5.41, 5.74) is 2.41. The zero-order valence-corrected chi connectivity index (χ0v) is 11.8. The van der Waals surface area contributed by atoms with E-state index >= 15 is 0 Å². The third-order valence-corrected chi connectivity index (χ3v) is 4.07. The maximum absolute atomic E-state index is 5.39. The van der Waals surface area contributed by atoms with E-state index in [1.54, 1.807) is 7.11 Å². The number of hydrogen-bond donors (Lipinski definition) is 1. The van der Waals surface area contributed by atoms with Crippen molar-refractivity contribution in [2.24, 2.45) is 11.8 Å². The van der Waals surface area contributed by atoms with Gasteiger partial charge in [-0.1, -0.05) is 25.8 Å². The van der Waals surface area contributed by atoms with Crippen LogP contribution in [-0.2, 0) is 0 Å². The molecule has 0 saturated heterocycles. The van der Waals surface area contributed by atoms with Crippen LogP contribution in [0.4, 0.5) is 5.69 Å². The van der Waals surface area contributed by atoms with Crippen molar-refractivity contribution in [2.75, 3.05) is 19.0 Å². The fourth-order valence-corrected chi connectivity index (χ4v) is 2.75. The summed E-state index contributed by atoms with van der Waals surface area (Å²) in [6.07, 6.45) is 5.50.